The first-order chi connectivity index (χ1) is 8.24. The number of pyridine rings is 1. The van der Waals surface area contributed by atoms with Crippen molar-refractivity contribution in [3.63, 3.8) is 0 Å². The third kappa shape index (κ3) is 5.09. The van der Waals surface area contributed by atoms with E-state index in [0.717, 1.165) is 5.69 Å². The average molecular weight is 232 g/mol. The molecule has 0 aliphatic heterocycles. The number of hydrogen-bond acceptors (Lipinski definition) is 4. The molecule has 5 nitrogen and oxygen atoms in total. The zero-order valence-corrected chi connectivity index (χ0v) is 9.81. The quantitative estimate of drug-likeness (QED) is 0.710. The maximum atomic E-state index is 11.4. The fourth-order valence-corrected chi connectivity index (χ4v) is 1.30. The van der Waals surface area contributed by atoms with Crippen molar-refractivity contribution in [3.05, 3.63) is 30.1 Å². The molecule has 0 spiro atoms. The van der Waals surface area contributed by atoms with Crippen molar-refractivity contribution in [3.8, 4) is 6.07 Å². The molecule has 0 saturated heterocycles. The Morgan fingerprint density at radius 3 is 3.06 bits per heavy atom. The molecule has 0 aliphatic rings. The van der Waals surface area contributed by atoms with Gasteiger partial charge in [0.2, 0.25) is 5.91 Å². The van der Waals surface area contributed by atoms with Crippen LogP contribution in [0.2, 0.25) is 0 Å². The van der Waals surface area contributed by atoms with Gasteiger partial charge in [0, 0.05) is 18.8 Å². The number of rotatable bonds is 6. The minimum atomic E-state index is -0.108. The predicted octanol–water partition coefficient (Wildman–Crippen LogP) is 0.762. The third-order valence-electron chi connectivity index (χ3n) is 2.26. The van der Waals surface area contributed by atoms with Crippen LogP contribution in [0.5, 0.6) is 0 Å². The Morgan fingerprint density at radius 2 is 2.41 bits per heavy atom. The van der Waals surface area contributed by atoms with Crippen LogP contribution in [-0.2, 0) is 4.79 Å². The summed E-state index contributed by atoms with van der Waals surface area (Å²) in [6.07, 6.45) is 2.06. The summed E-state index contributed by atoms with van der Waals surface area (Å²) < 4.78 is 0. The van der Waals surface area contributed by atoms with E-state index in [1.54, 1.807) is 6.20 Å². The van der Waals surface area contributed by atoms with E-state index >= 15 is 0 Å². The summed E-state index contributed by atoms with van der Waals surface area (Å²) >= 11 is 0. The average Bonchev–Trinajstić information content (AvgIpc) is 2.37. The van der Waals surface area contributed by atoms with Crippen LogP contribution in [0, 0.1) is 11.3 Å². The molecule has 2 N–H and O–H groups in total. The molecule has 17 heavy (non-hydrogen) atoms. The number of hydrogen-bond donors (Lipinski definition) is 2. The van der Waals surface area contributed by atoms with Crippen molar-refractivity contribution >= 4 is 5.91 Å². The molecule has 0 unspecified atom stereocenters. The summed E-state index contributed by atoms with van der Waals surface area (Å²) in [4.78, 5) is 15.5. The molecule has 0 saturated carbocycles. The normalized spacial score (nSPS) is 11.5. The molecule has 1 aromatic rings. The summed E-state index contributed by atoms with van der Waals surface area (Å²) in [6.45, 7) is 2.57. The van der Waals surface area contributed by atoms with Gasteiger partial charge in [-0.1, -0.05) is 6.07 Å². The van der Waals surface area contributed by atoms with Crippen LogP contribution >= 0.6 is 0 Å². The highest BCUT2D eigenvalue weighted by atomic mass is 16.1. The van der Waals surface area contributed by atoms with Crippen LogP contribution in [-0.4, -0.2) is 24.0 Å². The van der Waals surface area contributed by atoms with Crippen molar-refractivity contribution in [1.82, 2.24) is 15.6 Å². The standard InChI is InChI=1S/C12H16N4O/c1-10(11-5-2-3-7-14-11)16-9-12(17)15-8-4-6-13/h2-3,5,7,10,16H,4,8-9H2,1H3,(H,15,17)/t10-/m1/s1. The van der Waals surface area contributed by atoms with Gasteiger partial charge in [-0.2, -0.15) is 5.26 Å². The lowest BCUT2D eigenvalue weighted by molar-refractivity contribution is -0.120. The molecule has 1 atom stereocenters. The number of nitrogens with zero attached hydrogens (tertiary/aromatic N) is 2. The first-order valence-corrected chi connectivity index (χ1v) is 5.52. The van der Waals surface area contributed by atoms with E-state index in [4.69, 9.17) is 5.26 Å². The van der Waals surface area contributed by atoms with E-state index < -0.39 is 0 Å². The van der Waals surface area contributed by atoms with E-state index in [0.29, 0.717) is 13.0 Å². The van der Waals surface area contributed by atoms with Crippen LogP contribution < -0.4 is 10.6 Å². The number of aromatic nitrogens is 1. The number of nitriles is 1. The topological polar surface area (TPSA) is 77.8 Å². The number of carbonyl (C=O) groups excluding carboxylic acids is 1. The highest BCUT2D eigenvalue weighted by Gasteiger charge is 2.07. The zero-order valence-electron chi connectivity index (χ0n) is 9.81. The summed E-state index contributed by atoms with van der Waals surface area (Å²) in [5.41, 5.74) is 0.900. The third-order valence-corrected chi connectivity index (χ3v) is 2.26. The Balaban J connectivity index is 2.27. The van der Waals surface area contributed by atoms with Gasteiger partial charge in [0.05, 0.1) is 24.7 Å². The minimum absolute atomic E-state index is 0.0258. The van der Waals surface area contributed by atoms with Gasteiger partial charge in [-0.3, -0.25) is 9.78 Å². The summed E-state index contributed by atoms with van der Waals surface area (Å²) in [5, 5.41) is 14.0. The SMILES string of the molecule is C[C@@H](NCC(=O)NCCC#N)c1ccccn1. The number of nitrogens with one attached hydrogen (secondary N) is 2. The first-order valence-electron chi connectivity index (χ1n) is 5.52. The van der Waals surface area contributed by atoms with Gasteiger partial charge < -0.3 is 10.6 Å². The molecule has 0 bridgehead atoms. The van der Waals surface area contributed by atoms with Gasteiger partial charge in [-0.15, -0.1) is 0 Å². The van der Waals surface area contributed by atoms with Crippen LogP contribution in [0.3, 0.4) is 0 Å². The van der Waals surface area contributed by atoms with E-state index in [9.17, 15) is 4.79 Å². The fourth-order valence-electron chi connectivity index (χ4n) is 1.30. The highest BCUT2D eigenvalue weighted by molar-refractivity contribution is 5.78. The summed E-state index contributed by atoms with van der Waals surface area (Å²) in [7, 11) is 0. The Bertz CT molecular complexity index is 385. The Hall–Kier alpha value is -1.93. The van der Waals surface area contributed by atoms with Crippen LogP contribution in [0.1, 0.15) is 25.1 Å². The second-order valence-electron chi connectivity index (χ2n) is 3.62. The number of amides is 1. The second-order valence-corrected chi connectivity index (χ2v) is 3.62. The van der Waals surface area contributed by atoms with Gasteiger partial charge in [0.1, 0.15) is 0 Å². The first kappa shape index (κ1) is 13.1. The second kappa shape index (κ2) is 7.36. The minimum Gasteiger partial charge on any atom is -0.354 e. The molecule has 0 fully saturated rings. The molecular formula is C12H16N4O. The van der Waals surface area contributed by atoms with Crippen molar-refractivity contribution in [1.29, 1.82) is 5.26 Å². The Labute approximate surface area is 101 Å². The lowest BCUT2D eigenvalue weighted by Crippen LogP contribution is -2.35. The van der Waals surface area contributed by atoms with E-state index in [-0.39, 0.29) is 18.5 Å². The molecule has 0 aromatic carbocycles. The predicted molar refractivity (Wildman–Crippen MR) is 63.9 cm³/mol. The van der Waals surface area contributed by atoms with Crippen molar-refractivity contribution in [2.24, 2.45) is 0 Å². The van der Waals surface area contributed by atoms with Crippen LogP contribution in [0.4, 0.5) is 0 Å². The van der Waals surface area contributed by atoms with Crippen LogP contribution in [0.25, 0.3) is 0 Å². The zero-order chi connectivity index (χ0) is 12.5. The lowest BCUT2D eigenvalue weighted by atomic mass is 10.2. The Morgan fingerprint density at radius 1 is 1.59 bits per heavy atom. The molecule has 90 valence electrons. The molecule has 1 rings (SSSR count). The Kier molecular flexibility index (Phi) is 5.69. The van der Waals surface area contributed by atoms with E-state index in [1.165, 1.54) is 0 Å². The maximum absolute atomic E-state index is 11.4. The molecule has 1 heterocycles. The summed E-state index contributed by atoms with van der Waals surface area (Å²) in [6, 6.07) is 7.66. The van der Waals surface area contributed by atoms with Crippen molar-refractivity contribution in [2.75, 3.05) is 13.1 Å². The molecule has 5 heteroatoms. The lowest BCUT2D eigenvalue weighted by Gasteiger charge is -2.12. The smallest absolute Gasteiger partial charge is 0.234 e. The summed E-state index contributed by atoms with van der Waals surface area (Å²) in [5.74, 6) is -0.108. The molecule has 0 aliphatic carbocycles. The van der Waals surface area contributed by atoms with Gasteiger partial charge in [-0.25, -0.2) is 0 Å². The fraction of sp³-hybridized carbons (Fsp3) is 0.417. The van der Waals surface area contributed by atoms with Crippen molar-refractivity contribution < 1.29 is 4.79 Å². The van der Waals surface area contributed by atoms with Gasteiger partial charge in [0.25, 0.3) is 0 Å². The number of carbonyl (C=O) groups is 1. The van der Waals surface area contributed by atoms with E-state index in [2.05, 4.69) is 15.6 Å². The maximum Gasteiger partial charge on any atom is 0.234 e. The highest BCUT2D eigenvalue weighted by Crippen LogP contribution is 2.06. The van der Waals surface area contributed by atoms with Crippen LogP contribution in [0.15, 0.2) is 24.4 Å². The molecule has 1 amide bonds. The molecule has 0 radical (unpaired) electrons. The molecular weight excluding hydrogens is 216 g/mol. The van der Waals surface area contributed by atoms with Gasteiger partial charge in [0.15, 0.2) is 0 Å². The van der Waals surface area contributed by atoms with Crippen molar-refractivity contribution in [2.45, 2.75) is 19.4 Å². The van der Waals surface area contributed by atoms with Gasteiger partial charge in [-0.05, 0) is 19.1 Å². The monoisotopic (exact) mass is 232 g/mol. The van der Waals surface area contributed by atoms with E-state index in [1.807, 2.05) is 31.2 Å². The molecule has 1 aromatic heterocycles. The largest absolute Gasteiger partial charge is 0.354 e. The van der Waals surface area contributed by atoms with Gasteiger partial charge >= 0.3 is 0 Å².